The van der Waals surface area contributed by atoms with Gasteiger partial charge in [-0.2, -0.15) is 11.8 Å². The summed E-state index contributed by atoms with van der Waals surface area (Å²) in [5, 5.41) is 12.0. The minimum atomic E-state index is -1.01. The number of thioether (sulfide) groups is 1. The van der Waals surface area contributed by atoms with Crippen LogP contribution in [0, 0.1) is 5.41 Å². The Morgan fingerprint density at radius 3 is 2.24 bits per heavy atom. The molecule has 9 heteroatoms. The molecule has 0 bridgehead atoms. The van der Waals surface area contributed by atoms with Gasteiger partial charge in [-0.3, -0.25) is 14.4 Å². The van der Waals surface area contributed by atoms with Crippen LogP contribution in [0.4, 0.5) is 0 Å². The van der Waals surface area contributed by atoms with Crippen molar-refractivity contribution in [2.45, 2.75) is 58.2 Å². The summed E-state index contributed by atoms with van der Waals surface area (Å²) in [5.41, 5.74) is 0. The van der Waals surface area contributed by atoms with Gasteiger partial charge in [0.25, 0.3) is 0 Å². The van der Waals surface area contributed by atoms with E-state index in [1.807, 2.05) is 6.26 Å². The average molecular weight is 373 g/mol. The van der Waals surface area contributed by atoms with Crippen molar-refractivity contribution in [3.63, 3.8) is 0 Å². The van der Waals surface area contributed by atoms with Crippen molar-refractivity contribution in [3.8, 4) is 0 Å². The van der Waals surface area contributed by atoms with Gasteiger partial charge in [0, 0.05) is 13.3 Å². The summed E-state index contributed by atoms with van der Waals surface area (Å²) in [6, 6.07) is -1.78. The summed E-state index contributed by atoms with van der Waals surface area (Å²) in [4.78, 5) is 47.2. The van der Waals surface area contributed by atoms with Crippen LogP contribution in [0.25, 0.3) is 0 Å². The number of esters is 1. The average Bonchev–Trinajstić information content (AvgIpc) is 2.53. The zero-order valence-electron chi connectivity index (χ0n) is 15.1. The summed E-state index contributed by atoms with van der Waals surface area (Å²) in [6.07, 6.45) is 2.57. The Hall–Kier alpha value is -1.90. The minimum absolute atomic E-state index is 0.0286. The molecule has 3 N–H and O–H groups in total. The highest BCUT2D eigenvalue weighted by atomic mass is 32.2. The van der Waals surface area contributed by atoms with E-state index in [-0.39, 0.29) is 24.9 Å². The van der Waals surface area contributed by atoms with E-state index in [0.29, 0.717) is 18.4 Å². The molecular weight excluding hydrogens is 346 g/mol. The number of Topliss-reactive ketones (excluding diaryl/α,β-unsaturated/α-hetero) is 1. The lowest BCUT2D eigenvalue weighted by molar-refractivity contribution is -0.151. The molecule has 0 aliphatic heterocycles. The summed E-state index contributed by atoms with van der Waals surface area (Å²) in [5.74, 6) is -1.28. The van der Waals surface area contributed by atoms with Crippen LogP contribution >= 0.6 is 11.8 Å². The molecule has 0 unspecified atom stereocenters. The summed E-state index contributed by atoms with van der Waals surface area (Å²) in [7, 11) is 0. The molecule has 8 nitrogen and oxygen atoms in total. The van der Waals surface area contributed by atoms with Crippen LogP contribution in [0.3, 0.4) is 0 Å². The van der Waals surface area contributed by atoms with Gasteiger partial charge in [0.15, 0.2) is 5.78 Å². The first-order chi connectivity index (χ1) is 11.7. The molecule has 0 spiro atoms. The Morgan fingerprint density at radius 2 is 1.76 bits per heavy atom. The summed E-state index contributed by atoms with van der Waals surface area (Å²) in [6.45, 7) is 4.67. The van der Waals surface area contributed by atoms with Crippen LogP contribution in [-0.2, 0) is 23.9 Å². The highest BCUT2D eigenvalue weighted by Gasteiger charge is 2.27. The monoisotopic (exact) mass is 373 g/mol. The van der Waals surface area contributed by atoms with Crippen LogP contribution in [0.15, 0.2) is 0 Å². The molecule has 0 heterocycles. The number of hydrogen-bond acceptors (Lipinski definition) is 7. The van der Waals surface area contributed by atoms with E-state index in [1.165, 1.54) is 18.7 Å². The van der Waals surface area contributed by atoms with Gasteiger partial charge in [-0.05, 0) is 38.7 Å². The lowest BCUT2D eigenvalue weighted by Gasteiger charge is -2.22. The lowest BCUT2D eigenvalue weighted by Crippen LogP contribution is -2.52. The molecule has 0 radical (unpaired) electrons. The lowest BCUT2D eigenvalue weighted by atomic mass is 10.1. The van der Waals surface area contributed by atoms with Gasteiger partial charge in [0.05, 0.1) is 12.3 Å². The molecule has 0 aliphatic carbocycles. The number of ether oxygens (including phenoxy) is 1. The third-order valence-corrected chi connectivity index (χ3v) is 3.74. The second-order valence-corrected chi connectivity index (χ2v) is 6.72. The van der Waals surface area contributed by atoms with Crippen molar-refractivity contribution < 1.29 is 23.9 Å². The minimum Gasteiger partial charge on any atom is -0.461 e. The summed E-state index contributed by atoms with van der Waals surface area (Å²) >= 11 is 1.53. The molecule has 25 heavy (non-hydrogen) atoms. The van der Waals surface area contributed by atoms with Crippen molar-refractivity contribution in [1.82, 2.24) is 10.6 Å². The molecule has 0 saturated carbocycles. The van der Waals surface area contributed by atoms with Crippen LogP contribution in [0.1, 0.15) is 40.0 Å². The Morgan fingerprint density at radius 1 is 1.12 bits per heavy atom. The van der Waals surface area contributed by atoms with E-state index in [4.69, 9.17) is 10.1 Å². The van der Waals surface area contributed by atoms with Crippen molar-refractivity contribution in [1.29, 1.82) is 5.41 Å². The fourth-order valence-corrected chi connectivity index (χ4v) is 2.42. The third kappa shape index (κ3) is 10.5. The fourth-order valence-electron chi connectivity index (χ4n) is 1.94. The molecule has 0 aromatic heterocycles. The number of hydrogen-bond donors (Lipinski definition) is 3. The summed E-state index contributed by atoms with van der Waals surface area (Å²) < 4.78 is 5.11. The molecular formula is C16H27N3O5S. The first-order valence-electron chi connectivity index (χ1n) is 8.01. The van der Waals surface area contributed by atoms with E-state index in [9.17, 15) is 19.2 Å². The Balaban J connectivity index is 5.04. The van der Waals surface area contributed by atoms with Crippen LogP contribution in [0.2, 0.25) is 0 Å². The molecule has 0 saturated heterocycles. The van der Waals surface area contributed by atoms with Gasteiger partial charge in [0.1, 0.15) is 12.1 Å². The smallest absolute Gasteiger partial charge is 0.328 e. The number of ketones is 1. The predicted octanol–water partition coefficient (Wildman–Crippen LogP) is 0.679. The van der Waals surface area contributed by atoms with Crippen LogP contribution in [0.5, 0.6) is 0 Å². The Labute approximate surface area is 152 Å². The third-order valence-electron chi connectivity index (χ3n) is 3.10. The molecule has 142 valence electrons. The van der Waals surface area contributed by atoms with Gasteiger partial charge < -0.3 is 20.8 Å². The van der Waals surface area contributed by atoms with E-state index in [0.717, 1.165) is 0 Å². The Kier molecular flexibility index (Phi) is 11.5. The van der Waals surface area contributed by atoms with Gasteiger partial charge in [0.2, 0.25) is 11.8 Å². The molecule has 0 aromatic rings. The van der Waals surface area contributed by atoms with Crippen molar-refractivity contribution in [2.75, 3.05) is 12.0 Å². The number of carbonyl (C=O) groups is 4. The quantitative estimate of drug-likeness (QED) is 0.341. The maximum absolute atomic E-state index is 12.4. The molecule has 0 aliphatic rings. The second-order valence-electron chi connectivity index (χ2n) is 5.73. The van der Waals surface area contributed by atoms with Crippen molar-refractivity contribution in [2.24, 2.45) is 0 Å². The fraction of sp³-hybridized carbons (Fsp3) is 0.688. The van der Waals surface area contributed by atoms with Crippen LogP contribution in [-0.4, -0.2) is 60.0 Å². The molecule has 0 fully saturated rings. The molecule has 0 aromatic carbocycles. The normalized spacial score (nSPS) is 12.8. The number of rotatable bonds is 12. The van der Waals surface area contributed by atoms with Crippen molar-refractivity contribution in [3.05, 3.63) is 0 Å². The van der Waals surface area contributed by atoms with E-state index in [1.54, 1.807) is 13.8 Å². The molecule has 2 amide bonds. The predicted molar refractivity (Wildman–Crippen MR) is 96.8 cm³/mol. The van der Waals surface area contributed by atoms with Gasteiger partial charge in [-0.15, -0.1) is 0 Å². The second kappa shape index (κ2) is 12.5. The van der Waals surface area contributed by atoms with Crippen molar-refractivity contribution >= 4 is 41.5 Å². The molecule has 2 atom stereocenters. The van der Waals surface area contributed by atoms with Gasteiger partial charge >= 0.3 is 5.97 Å². The SMILES string of the molecule is CSCC[C@H](NC(C)=O)C(=O)N[C@@H](CCC(=O)C=N)C(=O)OC(C)C. The highest BCUT2D eigenvalue weighted by molar-refractivity contribution is 7.98. The first kappa shape index (κ1) is 23.1. The van der Waals surface area contributed by atoms with E-state index >= 15 is 0 Å². The maximum Gasteiger partial charge on any atom is 0.328 e. The van der Waals surface area contributed by atoms with E-state index in [2.05, 4.69) is 10.6 Å². The molecule has 0 rings (SSSR count). The zero-order chi connectivity index (χ0) is 19.4. The van der Waals surface area contributed by atoms with Crippen LogP contribution < -0.4 is 10.6 Å². The number of carbonyl (C=O) groups excluding carboxylic acids is 4. The standard InChI is InChI=1S/C16H27N3O5S/c1-10(2)24-16(23)14(6-5-12(21)9-17)19-15(22)13(7-8-25-4)18-11(3)20/h9-10,13-14,17H,5-8H2,1-4H3,(H,18,20)(H,19,22)/t13-,14-/m0/s1. The Bertz CT molecular complexity index is 496. The highest BCUT2D eigenvalue weighted by Crippen LogP contribution is 2.06. The van der Waals surface area contributed by atoms with E-state index < -0.39 is 29.7 Å². The maximum atomic E-state index is 12.4. The van der Waals surface area contributed by atoms with Gasteiger partial charge in [-0.1, -0.05) is 0 Å². The van der Waals surface area contributed by atoms with Gasteiger partial charge in [-0.25, -0.2) is 4.79 Å². The number of amides is 2. The number of nitrogens with one attached hydrogen (secondary N) is 3. The zero-order valence-corrected chi connectivity index (χ0v) is 15.9. The largest absolute Gasteiger partial charge is 0.461 e. The first-order valence-corrected chi connectivity index (χ1v) is 9.40. The topological polar surface area (TPSA) is 125 Å².